The maximum atomic E-state index is 12.8. The molecule has 0 spiro atoms. The third-order valence-corrected chi connectivity index (χ3v) is 2.18. The Bertz CT molecular complexity index is 529. The van der Waals surface area contributed by atoms with Crippen LogP contribution in [0.2, 0.25) is 0 Å². The van der Waals surface area contributed by atoms with E-state index in [0.717, 1.165) is 18.2 Å². The third kappa shape index (κ3) is 4.97. The van der Waals surface area contributed by atoms with Gasteiger partial charge in [0.15, 0.2) is 0 Å². The molecule has 8 heteroatoms. The van der Waals surface area contributed by atoms with Gasteiger partial charge in [0, 0.05) is 5.56 Å². The van der Waals surface area contributed by atoms with Crippen molar-refractivity contribution < 1.29 is 36.9 Å². The number of ether oxygens (including phenoxy) is 2. The predicted molar refractivity (Wildman–Crippen MR) is 65.3 cm³/mol. The van der Waals surface area contributed by atoms with Crippen LogP contribution in [0.15, 0.2) is 30.3 Å². The molecule has 0 saturated heterocycles. The van der Waals surface area contributed by atoms with Crippen LogP contribution in [0.3, 0.4) is 0 Å². The van der Waals surface area contributed by atoms with E-state index < -0.39 is 30.0 Å². The van der Waals surface area contributed by atoms with Gasteiger partial charge >= 0.3 is 18.5 Å². The number of carbonyl (C=O) groups is 1. The minimum Gasteiger partial charge on any atom is -0.507 e. The zero-order valence-electron chi connectivity index (χ0n) is 10.9. The molecule has 116 valence electrons. The van der Waals surface area contributed by atoms with E-state index in [1.54, 1.807) is 6.92 Å². The molecule has 0 saturated carbocycles. The standard InChI is InChI=1S/C13H12F4O4/c1-2-20-11(19)7-10(18)8-4-3-5-9(6-8)21-13(16,17)12(14)15/h3-7,12,18H,2H2,1H3. The summed E-state index contributed by atoms with van der Waals surface area (Å²) in [4.78, 5) is 11.1. The quantitative estimate of drug-likeness (QED) is 0.379. The monoisotopic (exact) mass is 308 g/mol. The van der Waals surface area contributed by atoms with Gasteiger partial charge in [-0.05, 0) is 19.1 Å². The lowest BCUT2D eigenvalue weighted by Crippen LogP contribution is -2.33. The van der Waals surface area contributed by atoms with Gasteiger partial charge in [-0.2, -0.15) is 17.6 Å². The van der Waals surface area contributed by atoms with Crippen LogP contribution in [0, 0.1) is 0 Å². The predicted octanol–water partition coefficient (Wildman–Crippen LogP) is 3.39. The Hall–Kier alpha value is -2.25. The number of esters is 1. The number of halogens is 4. The van der Waals surface area contributed by atoms with Crippen molar-refractivity contribution in [1.29, 1.82) is 0 Å². The molecule has 21 heavy (non-hydrogen) atoms. The van der Waals surface area contributed by atoms with Crippen LogP contribution < -0.4 is 4.74 Å². The van der Waals surface area contributed by atoms with E-state index in [-0.39, 0.29) is 12.2 Å². The van der Waals surface area contributed by atoms with Crippen molar-refractivity contribution in [2.24, 2.45) is 0 Å². The summed E-state index contributed by atoms with van der Waals surface area (Å²) in [7, 11) is 0. The summed E-state index contributed by atoms with van der Waals surface area (Å²) in [6.45, 7) is 1.65. The first-order valence-corrected chi connectivity index (χ1v) is 5.79. The molecular formula is C13H12F4O4. The number of rotatable bonds is 6. The van der Waals surface area contributed by atoms with Gasteiger partial charge in [0.1, 0.15) is 11.5 Å². The molecular weight excluding hydrogens is 296 g/mol. The van der Waals surface area contributed by atoms with E-state index in [2.05, 4.69) is 9.47 Å². The molecule has 1 rings (SSSR count). The fraction of sp³-hybridized carbons (Fsp3) is 0.308. The summed E-state index contributed by atoms with van der Waals surface area (Å²) in [5.41, 5.74) is -0.0642. The number of carbonyl (C=O) groups excluding carboxylic acids is 1. The molecule has 0 heterocycles. The average molecular weight is 308 g/mol. The first-order chi connectivity index (χ1) is 9.76. The Balaban J connectivity index is 2.93. The van der Waals surface area contributed by atoms with Gasteiger partial charge in [-0.3, -0.25) is 0 Å². The van der Waals surface area contributed by atoms with Crippen molar-refractivity contribution in [1.82, 2.24) is 0 Å². The van der Waals surface area contributed by atoms with Crippen molar-refractivity contribution in [3.63, 3.8) is 0 Å². The molecule has 1 aromatic carbocycles. The van der Waals surface area contributed by atoms with E-state index >= 15 is 0 Å². The summed E-state index contributed by atoms with van der Waals surface area (Å²) in [6.07, 6.45) is -7.92. The highest BCUT2D eigenvalue weighted by molar-refractivity contribution is 5.89. The van der Waals surface area contributed by atoms with Gasteiger partial charge in [0.05, 0.1) is 12.7 Å². The molecule has 0 amide bonds. The van der Waals surface area contributed by atoms with Crippen molar-refractivity contribution in [3.05, 3.63) is 35.9 Å². The number of hydrogen-bond acceptors (Lipinski definition) is 4. The summed E-state index contributed by atoms with van der Waals surface area (Å²) < 4.78 is 58.0. The van der Waals surface area contributed by atoms with E-state index in [1.807, 2.05) is 0 Å². The van der Waals surface area contributed by atoms with Gasteiger partial charge in [-0.15, -0.1) is 0 Å². The molecule has 0 unspecified atom stereocenters. The minimum atomic E-state index is -4.65. The van der Waals surface area contributed by atoms with Crippen LogP contribution in [-0.4, -0.2) is 30.2 Å². The SMILES string of the molecule is CCOC(=O)C=C(O)c1cccc(OC(F)(F)C(F)F)c1. The van der Waals surface area contributed by atoms with Gasteiger partial charge in [0.25, 0.3) is 0 Å². The van der Waals surface area contributed by atoms with Crippen LogP contribution in [0.4, 0.5) is 17.6 Å². The number of alkyl halides is 4. The van der Waals surface area contributed by atoms with Crippen molar-refractivity contribution in [2.45, 2.75) is 19.5 Å². The summed E-state index contributed by atoms with van der Waals surface area (Å²) >= 11 is 0. The Labute approximate surface area is 117 Å². The normalized spacial score (nSPS) is 12.4. The number of aliphatic hydroxyl groups is 1. The lowest BCUT2D eigenvalue weighted by atomic mass is 10.1. The molecule has 0 aliphatic rings. The summed E-state index contributed by atoms with van der Waals surface area (Å²) in [5.74, 6) is -1.99. The molecule has 0 fully saturated rings. The third-order valence-electron chi connectivity index (χ3n) is 2.18. The highest BCUT2D eigenvalue weighted by Gasteiger charge is 2.43. The molecule has 0 aliphatic carbocycles. The molecule has 0 radical (unpaired) electrons. The summed E-state index contributed by atoms with van der Waals surface area (Å²) in [5, 5.41) is 9.62. The van der Waals surface area contributed by atoms with Crippen LogP contribution in [0.5, 0.6) is 5.75 Å². The van der Waals surface area contributed by atoms with E-state index in [9.17, 15) is 27.5 Å². The molecule has 1 N–H and O–H groups in total. The maximum absolute atomic E-state index is 12.8. The zero-order valence-corrected chi connectivity index (χ0v) is 10.9. The van der Waals surface area contributed by atoms with Gasteiger partial charge in [-0.1, -0.05) is 12.1 Å². The molecule has 1 aromatic rings. The van der Waals surface area contributed by atoms with Crippen LogP contribution in [0.25, 0.3) is 5.76 Å². The van der Waals surface area contributed by atoms with E-state index in [1.165, 1.54) is 12.1 Å². The smallest absolute Gasteiger partial charge is 0.461 e. The van der Waals surface area contributed by atoms with E-state index in [4.69, 9.17) is 0 Å². The van der Waals surface area contributed by atoms with Crippen molar-refractivity contribution in [3.8, 4) is 5.75 Å². The Morgan fingerprint density at radius 2 is 2.10 bits per heavy atom. The van der Waals surface area contributed by atoms with E-state index in [0.29, 0.717) is 0 Å². The fourth-order valence-electron chi connectivity index (χ4n) is 1.30. The Kier molecular flexibility index (Phi) is 5.57. The van der Waals surface area contributed by atoms with Crippen molar-refractivity contribution in [2.75, 3.05) is 6.61 Å². The molecule has 0 bridgehead atoms. The van der Waals surface area contributed by atoms with Gasteiger partial charge in [0.2, 0.25) is 0 Å². The van der Waals surface area contributed by atoms with Gasteiger partial charge in [-0.25, -0.2) is 4.79 Å². The highest BCUT2D eigenvalue weighted by Crippen LogP contribution is 2.28. The maximum Gasteiger partial charge on any atom is 0.461 e. The lowest BCUT2D eigenvalue weighted by Gasteiger charge is -2.17. The highest BCUT2D eigenvalue weighted by atomic mass is 19.3. The van der Waals surface area contributed by atoms with Crippen molar-refractivity contribution >= 4 is 11.7 Å². The second-order valence-electron chi connectivity index (χ2n) is 3.77. The molecule has 0 aliphatic heterocycles. The Morgan fingerprint density at radius 3 is 2.67 bits per heavy atom. The lowest BCUT2D eigenvalue weighted by molar-refractivity contribution is -0.253. The average Bonchev–Trinajstić information content (AvgIpc) is 2.38. The zero-order chi connectivity index (χ0) is 16.0. The topological polar surface area (TPSA) is 55.8 Å². The minimum absolute atomic E-state index is 0.0642. The first-order valence-electron chi connectivity index (χ1n) is 5.79. The summed E-state index contributed by atoms with van der Waals surface area (Å²) in [6, 6.07) is 4.37. The number of benzene rings is 1. The second-order valence-corrected chi connectivity index (χ2v) is 3.77. The fourth-order valence-corrected chi connectivity index (χ4v) is 1.30. The number of hydrogen-bond donors (Lipinski definition) is 1. The number of aliphatic hydroxyl groups excluding tert-OH is 1. The van der Waals surface area contributed by atoms with Crippen LogP contribution >= 0.6 is 0 Å². The first kappa shape index (κ1) is 16.8. The molecule has 0 aromatic heterocycles. The largest absolute Gasteiger partial charge is 0.507 e. The Morgan fingerprint density at radius 1 is 1.43 bits per heavy atom. The van der Waals surface area contributed by atoms with Gasteiger partial charge < -0.3 is 14.6 Å². The second kappa shape index (κ2) is 6.96. The van der Waals surface area contributed by atoms with Crippen LogP contribution in [-0.2, 0) is 9.53 Å². The molecule has 0 atom stereocenters. The van der Waals surface area contributed by atoms with Crippen LogP contribution in [0.1, 0.15) is 12.5 Å². The molecule has 4 nitrogen and oxygen atoms in total.